The van der Waals surface area contributed by atoms with Gasteiger partial charge in [-0.3, -0.25) is 4.98 Å². The van der Waals surface area contributed by atoms with Gasteiger partial charge in [0.05, 0.1) is 12.3 Å². The highest BCUT2D eigenvalue weighted by atomic mass is 19.4. The molecule has 0 aliphatic heterocycles. The van der Waals surface area contributed by atoms with Crippen LogP contribution >= 0.6 is 0 Å². The number of pyridine rings is 1. The van der Waals surface area contributed by atoms with Crippen LogP contribution in [0.3, 0.4) is 0 Å². The Morgan fingerprint density at radius 3 is 2.53 bits per heavy atom. The predicted octanol–water partition coefficient (Wildman–Crippen LogP) is 1.49. The van der Waals surface area contributed by atoms with Crippen LogP contribution in [0, 0.1) is 6.92 Å². The predicted molar refractivity (Wildman–Crippen MR) is 43.2 cm³/mol. The molecular formula is C8H8F3NO3. The van der Waals surface area contributed by atoms with Crippen molar-refractivity contribution in [3.63, 3.8) is 0 Å². The normalized spacial score (nSPS) is 11.5. The first-order valence-electron chi connectivity index (χ1n) is 3.89. The number of hydrogen-bond acceptors (Lipinski definition) is 4. The molecular weight excluding hydrogens is 215 g/mol. The molecule has 0 radical (unpaired) electrons. The van der Waals surface area contributed by atoms with Crippen molar-refractivity contribution < 1.29 is 28.1 Å². The number of aromatic nitrogens is 1. The maximum Gasteiger partial charge on any atom is 0.573 e. The van der Waals surface area contributed by atoms with Crippen molar-refractivity contribution in [3.8, 4) is 11.5 Å². The summed E-state index contributed by atoms with van der Waals surface area (Å²) >= 11 is 0. The lowest BCUT2D eigenvalue weighted by atomic mass is 10.2. The highest BCUT2D eigenvalue weighted by Gasteiger charge is 2.34. The SMILES string of the molecule is Cc1ncc(CO)c(OC(F)(F)F)c1O. The second-order valence-electron chi connectivity index (χ2n) is 2.75. The van der Waals surface area contributed by atoms with E-state index in [1.807, 2.05) is 0 Å². The van der Waals surface area contributed by atoms with Crippen molar-refractivity contribution in [3.05, 3.63) is 17.5 Å². The molecule has 15 heavy (non-hydrogen) atoms. The van der Waals surface area contributed by atoms with Gasteiger partial charge in [-0.05, 0) is 6.92 Å². The van der Waals surface area contributed by atoms with E-state index in [2.05, 4.69) is 9.72 Å². The maximum absolute atomic E-state index is 11.9. The van der Waals surface area contributed by atoms with Crippen molar-refractivity contribution >= 4 is 0 Å². The van der Waals surface area contributed by atoms with E-state index < -0.39 is 24.5 Å². The fourth-order valence-corrected chi connectivity index (χ4v) is 0.953. The molecule has 1 heterocycles. The summed E-state index contributed by atoms with van der Waals surface area (Å²) < 4.78 is 39.4. The number of aromatic hydroxyl groups is 1. The van der Waals surface area contributed by atoms with Gasteiger partial charge in [0.1, 0.15) is 0 Å². The van der Waals surface area contributed by atoms with Gasteiger partial charge in [0.15, 0.2) is 11.5 Å². The van der Waals surface area contributed by atoms with Crippen LogP contribution in [0.4, 0.5) is 13.2 Å². The molecule has 1 aromatic rings. The first-order valence-corrected chi connectivity index (χ1v) is 3.89. The van der Waals surface area contributed by atoms with Gasteiger partial charge in [-0.15, -0.1) is 13.2 Å². The molecule has 4 nitrogen and oxygen atoms in total. The number of alkyl halides is 3. The minimum Gasteiger partial charge on any atom is -0.503 e. The summed E-state index contributed by atoms with van der Waals surface area (Å²) in [6, 6.07) is 0. The van der Waals surface area contributed by atoms with E-state index in [0.29, 0.717) is 0 Å². The number of rotatable bonds is 2. The lowest BCUT2D eigenvalue weighted by molar-refractivity contribution is -0.275. The van der Waals surface area contributed by atoms with Crippen LogP contribution in [0.2, 0.25) is 0 Å². The number of aliphatic hydroxyl groups excluding tert-OH is 1. The molecule has 0 saturated carbocycles. The van der Waals surface area contributed by atoms with Crippen LogP contribution < -0.4 is 4.74 Å². The van der Waals surface area contributed by atoms with Gasteiger partial charge in [-0.25, -0.2) is 0 Å². The van der Waals surface area contributed by atoms with E-state index in [1.165, 1.54) is 6.92 Å². The maximum atomic E-state index is 11.9. The Labute approximate surface area is 82.9 Å². The fraction of sp³-hybridized carbons (Fsp3) is 0.375. The fourth-order valence-electron chi connectivity index (χ4n) is 0.953. The minimum atomic E-state index is -4.92. The Morgan fingerprint density at radius 1 is 1.47 bits per heavy atom. The molecule has 0 spiro atoms. The average molecular weight is 223 g/mol. The van der Waals surface area contributed by atoms with Crippen LogP contribution in [0.1, 0.15) is 11.3 Å². The monoisotopic (exact) mass is 223 g/mol. The van der Waals surface area contributed by atoms with E-state index >= 15 is 0 Å². The molecule has 0 aliphatic rings. The van der Waals surface area contributed by atoms with Crippen LogP contribution in [0.5, 0.6) is 11.5 Å². The van der Waals surface area contributed by atoms with E-state index in [9.17, 15) is 18.3 Å². The molecule has 84 valence electrons. The summed E-state index contributed by atoms with van der Waals surface area (Å²) in [7, 11) is 0. The zero-order valence-electron chi connectivity index (χ0n) is 7.67. The number of halogens is 3. The molecule has 0 saturated heterocycles. The second kappa shape index (κ2) is 3.93. The highest BCUT2D eigenvalue weighted by Crippen LogP contribution is 2.35. The molecule has 0 aliphatic carbocycles. The molecule has 1 rings (SSSR count). The quantitative estimate of drug-likeness (QED) is 0.797. The number of ether oxygens (including phenoxy) is 1. The van der Waals surface area contributed by atoms with Crippen molar-refractivity contribution in [2.45, 2.75) is 19.9 Å². The largest absolute Gasteiger partial charge is 0.573 e. The van der Waals surface area contributed by atoms with Crippen LogP contribution in [0.15, 0.2) is 6.20 Å². The summed E-state index contributed by atoms with van der Waals surface area (Å²) in [4.78, 5) is 3.58. The molecule has 1 aromatic heterocycles. The van der Waals surface area contributed by atoms with Gasteiger partial charge in [-0.1, -0.05) is 0 Å². The molecule has 0 aromatic carbocycles. The third-order valence-electron chi connectivity index (χ3n) is 1.65. The van der Waals surface area contributed by atoms with E-state index in [0.717, 1.165) is 6.20 Å². The summed E-state index contributed by atoms with van der Waals surface area (Å²) in [5, 5.41) is 18.0. The lowest BCUT2D eigenvalue weighted by Gasteiger charge is -2.14. The zero-order chi connectivity index (χ0) is 11.6. The van der Waals surface area contributed by atoms with Crippen LogP contribution in [-0.4, -0.2) is 21.6 Å². The number of aryl methyl sites for hydroxylation is 1. The average Bonchev–Trinajstić information content (AvgIpc) is 2.11. The third kappa shape index (κ3) is 2.72. The second-order valence-corrected chi connectivity index (χ2v) is 2.75. The van der Waals surface area contributed by atoms with Gasteiger partial charge < -0.3 is 14.9 Å². The van der Waals surface area contributed by atoms with Crippen molar-refractivity contribution in [1.82, 2.24) is 4.98 Å². The molecule has 0 atom stereocenters. The van der Waals surface area contributed by atoms with Crippen LogP contribution in [0.25, 0.3) is 0 Å². The smallest absolute Gasteiger partial charge is 0.503 e. The number of hydrogen-bond donors (Lipinski definition) is 2. The standard InChI is InChI=1S/C8H8F3NO3/c1-4-6(14)7(15-8(9,10)11)5(3-13)2-12-4/h2,13-14H,3H2,1H3. The Balaban J connectivity index is 3.18. The number of nitrogens with zero attached hydrogens (tertiary/aromatic N) is 1. The summed E-state index contributed by atoms with van der Waals surface area (Å²) in [5.41, 5.74) is -0.234. The Hall–Kier alpha value is -1.50. The Bertz CT molecular complexity index is 365. The zero-order valence-corrected chi connectivity index (χ0v) is 7.67. The van der Waals surface area contributed by atoms with Gasteiger partial charge in [0.2, 0.25) is 0 Å². The first kappa shape index (κ1) is 11.6. The molecule has 0 unspecified atom stereocenters. The van der Waals surface area contributed by atoms with Gasteiger partial charge in [0.25, 0.3) is 0 Å². The summed E-state index contributed by atoms with van der Waals surface area (Å²) in [6.07, 6.45) is -3.91. The topological polar surface area (TPSA) is 62.6 Å². The van der Waals surface area contributed by atoms with Crippen molar-refractivity contribution in [2.75, 3.05) is 0 Å². The minimum absolute atomic E-state index is 0.00792. The van der Waals surface area contributed by atoms with E-state index in [4.69, 9.17) is 5.11 Å². The lowest BCUT2D eigenvalue weighted by Crippen LogP contribution is -2.18. The third-order valence-corrected chi connectivity index (χ3v) is 1.65. The molecule has 0 bridgehead atoms. The molecule has 2 N–H and O–H groups in total. The van der Waals surface area contributed by atoms with E-state index in [1.54, 1.807) is 0 Å². The van der Waals surface area contributed by atoms with E-state index in [-0.39, 0.29) is 11.3 Å². The first-order chi connectivity index (χ1) is 6.85. The number of aliphatic hydroxyl groups is 1. The van der Waals surface area contributed by atoms with Crippen molar-refractivity contribution in [2.24, 2.45) is 0 Å². The highest BCUT2D eigenvalue weighted by molar-refractivity contribution is 5.46. The Morgan fingerprint density at radius 2 is 2.07 bits per heavy atom. The van der Waals surface area contributed by atoms with Gasteiger partial charge in [0, 0.05) is 11.8 Å². The molecule has 0 amide bonds. The van der Waals surface area contributed by atoms with Crippen molar-refractivity contribution in [1.29, 1.82) is 0 Å². The van der Waals surface area contributed by atoms with Gasteiger partial charge in [-0.2, -0.15) is 0 Å². The van der Waals surface area contributed by atoms with Gasteiger partial charge >= 0.3 is 6.36 Å². The summed E-state index contributed by atoms with van der Waals surface area (Å²) in [5.74, 6) is -1.53. The summed E-state index contributed by atoms with van der Waals surface area (Å²) in [6.45, 7) is 0.617. The van der Waals surface area contributed by atoms with Crippen LogP contribution in [-0.2, 0) is 6.61 Å². The molecule has 7 heteroatoms. The molecule has 0 fully saturated rings. The Kier molecular flexibility index (Phi) is 3.04.